The zero-order chi connectivity index (χ0) is 15.7. The minimum absolute atomic E-state index is 0.348. The second-order valence-corrected chi connectivity index (χ2v) is 5.07. The third kappa shape index (κ3) is 4.78. The van der Waals surface area contributed by atoms with Crippen LogP contribution in [0.15, 0.2) is 17.0 Å². The smallest absolute Gasteiger partial charge is 0.326 e. The Hall–Kier alpha value is -1.09. The molecular formula is C10H6ClF6NOS. The van der Waals surface area contributed by atoms with Crippen LogP contribution in [0.3, 0.4) is 0 Å². The van der Waals surface area contributed by atoms with E-state index >= 15 is 0 Å². The highest BCUT2D eigenvalue weighted by Gasteiger charge is 2.36. The van der Waals surface area contributed by atoms with E-state index in [0.717, 1.165) is 6.92 Å². The summed E-state index contributed by atoms with van der Waals surface area (Å²) < 4.78 is 74.9. The van der Waals surface area contributed by atoms with Gasteiger partial charge in [-0.15, -0.1) is 0 Å². The number of thioether (sulfide) groups is 1. The van der Waals surface area contributed by atoms with Gasteiger partial charge in [-0.3, -0.25) is 4.79 Å². The lowest BCUT2D eigenvalue weighted by Crippen LogP contribution is -2.14. The highest BCUT2D eigenvalue weighted by atomic mass is 35.5. The Morgan fingerprint density at radius 1 is 1.20 bits per heavy atom. The summed E-state index contributed by atoms with van der Waals surface area (Å²) in [7, 11) is 0. The number of hydrogen-bond acceptors (Lipinski definition) is 2. The molecule has 0 spiro atoms. The van der Waals surface area contributed by atoms with E-state index in [1.807, 2.05) is 5.32 Å². The zero-order valence-corrected chi connectivity index (χ0v) is 11.2. The molecule has 0 aliphatic carbocycles. The Bertz CT molecular complexity index is 528. The van der Waals surface area contributed by atoms with Crippen LogP contribution >= 0.6 is 23.4 Å². The molecule has 0 saturated heterocycles. The van der Waals surface area contributed by atoms with Crippen LogP contribution in [-0.2, 0) is 11.0 Å². The van der Waals surface area contributed by atoms with Crippen molar-refractivity contribution in [1.29, 1.82) is 0 Å². The molecule has 0 radical (unpaired) electrons. The molecule has 0 atom stereocenters. The van der Waals surface area contributed by atoms with Crippen LogP contribution < -0.4 is 5.32 Å². The normalized spacial score (nSPS) is 12.4. The SMILES string of the molecule is CC(=O)Nc1cc(SC(F)(F)F)c(Cl)cc1C(F)(F)F. The lowest BCUT2D eigenvalue weighted by atomic mass is 10.1. The summed E-state index contributed by atoms with van der Waals surface area (Å²) in [6.45, 7) is 0.936. The van der Waals surface area contributed by atoms with Crippen molar-refractivity contribution in [2.24, 2.45) is 0 Å². The summed E-state index contributed by atoms with van der Waals surface area (Å²) in [4.78, 5) is 10.2. The van der Waals surface area contributed by atoms with Crippen LogP contribution in [-0.4, -0.2) is 11.4 Å². The molecule has 20 heavy (non-hydrogen) atoms. The second-order valence-electron chi connectivity index (χ2n) is 3.55. The molecule has 0 unspecified atom stereocenters. The van der Waals surface area contributed by atoms with Crippen molar-refractivity contribution in [3.63, 3.8) is 0 Å². The molecule has 1 amide bonds. The molecule has 0 bridgehead atoms. The summed E-state index contributed by atoms with van der Waals surface area (Å²) in [5.41, 5.74) is -6.80. The predicted molar refractivity (Wildman–Crippen MR) is 62.7 cm³/mol. The van der Waals surface area contributed by atoms with Gasteiger partial charge in [0.25, 0.3) is 0 Å². The molecular weight excluding hydrogens is 332 g/mol. The summed E-state index contributed by atoms with van der Waals surface area (Å²) >= 11 is 4.75. The first kappa shape index (κ1) is 17.0. The van der Waals surface area contributed by atoms with Gasteiger partial charge in [-0.25, -0.2) is 0 Å². The van der Waals surface area contributed by atoms with Gasteiger partial charge in [0, 0.05) is 11.8 Å². The van der Waals surface area contributed by atoms with E-state index in [4.69, 9.17) is 11.6 Å². The molecule has 1 aromatic carbocycles. The fraction of sp³-hybridized carbons (Fsp3) is 0.300. The largest absolute Gasteiger partial charge is 0.446 e. The van der Waals surface area contributed by atoms with E-state index in [1.54, 1.807) is 0 Å². The number of carbonyl (C=O) groups is 1. The van der Waals surface area contributed by atoms with Crippen LogP contribution in [0, 0.1) is 0 Å². The Kier molecular flexibility index (Phi) is 4.86. The molecule has 0 saturated carbocycles. The minimum atomic E-state index is -4.86. The van der Waals surface area contributed by atoms with Crippen LogP contribution in [0.1, 0.15) is 12.5 Å². The lowest BCUT2D eigenvalue weighted by molar-refractivity contribution is -0.137. The van der Waals surface area contributed by atoms with Gasteiger partial charge in [0.15, 0.2) is 0 Å². The average molecular weight is 338 g/mol. The maximum atomic E-state index is 12.7. The minimum Gasteiger partial charge on any atom is -0.326 e. The fourth-order valence-corrected chi connectivity index (χ4v) is 2.15. The standard InChI is InChI=1S/C10H6ClF6NOS/c1-4(19)18-7-3-8(20-10(15,16)17)6(11)2-5(7)9(12,13)14/h2-3H,1H3,(H,18,19). The molecule has 0 aliphatic rings. The van der Waals surface area contributed by atoms with Gasteiger partial charge in [-0.05, 0) is 23.9 Å². The quantitative estimate of drug-likeness (QED) is 0.612. The van der Waals surface area contributed by atoms with Crippen LogP contribution in [0.2, 0.25) is 5.02 Å². The second kappa shape index (κ2) is 5.72. The number of carbonyl (C=O) groups excluding carboxylic acids is 1. The van der Waals surface area contributed by atoms with E-state index in [9.17, 15) is 31.1 Å². The highest BCUT2D eigenvalue weighted by molar-refractivity contribution is 8.00. The fourth-order valence-electron chi connectivity index (χ4n) is 1.28. The van der Waals surface area contributed by atoms with Gasteiger partial charge in [0.1, 0.15) is 0 Å². The van der Waals surface area contributed by atoms with Crippen LogP contribution in [0.5, 0.6) is 0 Å². The summed E-state index contributed by atoms with van der Waals surface area (Å²) in [5.74, 6) is -0.846. The Morgan fingerprint density at radius 3 is 2.15 bits per heavy atom. The zero-order valence-electron chi connectivity index (χ0n) is 9.62. The summed E-state index contributed by atoms with van der Waals surface area (Å²) in [6, 6.07) is 0.894. The van der Waals surface area contributed by atoms with Crippen molar-refractivity contribution >= 4 is 35.0 Å². The predicted octanol–water partition coefficient (Wildman–Crippen LogP) is 4.93. The van der Waals surface area contributed by atoms with Crippen molar-refractivity contribution in [2.75, 3.05) is 5.32 Å². The van der Waals surface area contributed by atoms with Gasteiger partial charge < -0.3 is 5.32 Å². The van der Waals surface area contributed by atoms with Crippen molar-refractivity contribution in [3.05, 3.63) is 22.7 Å². The molecule has 1 rings (SSSR count). The number of hydrogen-bond donors (Lipinski definition) is 1. The molecule has 1 aromatic rings. The third-order valence-corrected chi connectivity index (χ3v) is 3.13. The van der Waals surface area contributed by atoms with Gasteiger partial charge >= 0.3 is 11.7 Å². The molecule has 0 aliphatic heterocycles. The van der Waals surface area contributed by atoms with Gasteiger partial charge in [0.05, 0.1) is 16.3 Å². The number of benzene rings is 1. The van der Waals surface area contributed by atoms with Gasteiger partial charge in [-0.1, -0.05) is 11.6 Å². The number of anilines is 1. The number of rotatable bonds is 2. The molecule has 10 heteroatoms. The Labute approximate surface area is 118 Å². The first-order chi connectivity index (χ1) is 8.90. The summed E-state index contributed by atoms with van der Waals surface area (Å²) in [5, 5.41) is 1.13. The molecule has 2 nitrogen and oxygen atoms in total. The van der Waals surface area contributed by atoms with Crippen molar-refractivity contribution in [1.82, 2.24) is 0 Å². The summed E-state index contributed by atoms with van der Waals surface area (Å²) in [6.07, 6.45) is -4.86. The molecule has 112 valence electrons. The first-order valence-electron chi connectivity index (χ1n) is 4.84. The average Bonchev–Trinajstić information content (AvgIpc) is 2.17. The van der Waals surface area contributed by atoms with Crippen molar-refractivity contribution in [3.8, 4) is 0 Å². The van der Waals surface area contributed by atoms with Crippen LogP contribution in [0.25, 0.3) is 0 Å². The molecule has 0 fully saturated rings. The molecule has 0 heterocycles. The Morgan fingerprint density at radius 2 is 1.75 bits per heavy atom. The van der Waals surface area contributed by atoms with E-state index < -0.39 is 50.5 Å². The number of halogens is 7. The first-order valence-corrected chi connectivity index (χ1v) is 6.03. The van der Waals surface area contributed by atoms with E-state index in [-0.39, 0.29) is 0 Å². The maximum absolute atomic E-state index is 12.7. The van der Waals surface area contributed by atoms with Crippen molar-refractivity contribution < 1.29 is 31.1 Å². The van der Waals surface area contributed by atoms with Crippen molar-refractivity contribution in [2.45, 2.75) is 23.5 Å². The van der Waals surface area contributed by atoms with E-state index in [2.05, 4.69) is 0 Å². The number of nitrogens with one attached hydrogen (secondary N) is 1. The Balaban J connectivity index is 3.35. The van der Waals surface area contributed by atoms with Gasteiger partial charge in [0.2, 0.25) is 5.91 Å². The topological polar surface area (TPSA) is 29.1 Å². The monoisotopic (exact) mass is 337 g/mol. The maximum Gasteiger partial charge on any atom is 0.446 e. The molecule has 1 N–H and O–H groups in total. The van der Waals surface area contributed by atoms with E-state index in [0.29, 0.717) is 12.1 Å². The van der Waals surface area contributed by atoms with Gasteiger partial charge in [-0.2, -0.15) is 26.3 Å². The highest BCUT2D eigenvalue weighted by Crippen LogP contribution is 2.45. The van der Waals surface area contributed by atoms with E-state index in [1.165, 1.54) is 0 Å². The third-order valence-electron chi connectivity index (χ3n) is 1.91. The van der Waals surface area contributed by atoms with Crippen LogP contribution in [0.4, 0.5) is 32.0 Å². The number of amides is 1. The number of alkyl halides is 6. The molecule has 0 aromatic heterocycles. The lowest BCUT2D eigenvalue weighted by Gasteiger charge is -2.16.